The highest BCUT2D eigenvalue weighted by molar-refractivity contribution is 7.80. The van der Waals surface area contributed by atoms with Gasteiger partial charge in [0, 0.05) is 26.9 Å². The number of ketones is 1. The van der Waals surface area contributed by atoms with Crippen LogP contribution in [0.4, 0.5) is 11.4 Å². The first-order chi connectivity index (χ1) is 13.8. The summed E-state index contributed by atoms with van der Waals surface area (Å²) in [7, 11) is 0. The van der Waals surface area contributed by atoms with Crippen molar-refractivity contribution >= 4 is 57.7 Å². The SMILES string of the molecule is CC(=O)c1cccc(NC(=S)Nc2c(C)nn(Cc3c(Cl)cccc3Cl)c2C)c1. The molecule has 0 aliphatic heterocycles. The van der Waals surface area contributed by atoms with Crippen LogP contribution in [-0.4, -0.2) is 20.7 Å². The van der Waals surface area contributed by atoms with Gasteiger partial charge < -0.3 is 10.6 Å². The van der Waals surface area contributed by atoms with Crippen LogP contribution in [0, 0.1) is 13.8 Å². The highest BCUT2D eigenvalue weighted by Crippen LogP contribution is 2.27. The maximum Gasteiger partial charge on any atom is 0.175 e. The number of nitrogens with zero attached hydrogens (tertiary/aromatic N) is 2. The van der Waals surface area contributed by atoms with Crippen molar-refractivity contribution in [2.45, 2.75) is 27.3 Å². The van der Waals surface area contributed by atoms with Crippen LogP contribution in [0.25, 0.3) is 0 Å². The average molecular weight is 447 g/mol. The van der Waals surface area contributed by atoms with Crippen molar-refractivity contribution in [2.75, 3.05) is 10.6 Å². The molecule has 0 aliphatic carbocycles. The van der Waals surface area contributed by atoms with Gasteiger partial charge in [-0.15, -0.1) is 0 Å². The molecule has 29 heavy (non-hydrogen) atoms. The van der Waals surface area contributed by atoms with Crippen molar-refractivity contribution in [1.29, 1.82) is 0 Å². The lowest BCUT2D eigenvalue weighted by Gasteiger charge is -2.12. The summed E-state index contributed by atoms with van der Waals surface area (Å²) in [5.74, 6) is -0.00118. The minimum absolute atomic E-state index is 0.00118. The summed E-state index contributed by atoms with van der Waals surface area (Å²) in [4.78, 5) is 11.6. The van der Waals surface area contributed by atoms with E-state index in [0.29, 0.717) is 27.3 Å². The largest absolute Gasteiger partial charge is 0.332 e. The molecule has 0 saturated heterocycles. The quantitative estimate of drug-likeness (QED) is 0.379. The van der Waals surface area contributed by atoms with Crippen LogP contribution in [0.3, 0.4) is 0 Å². The van der Waals surface area contributed by atoms with E-state index in [1.807, 2.05) is 48.9 Å². The molecule has 1 aromatic heterocycles. The van der Waals surface area contributed by atoms with E-state index in [2.05, 4.69) is 15.7 Å². The van der Waals surface area contributed by atoms with E-state index in [0.717, 1.165) is 28.3 Å². The molecule has 0 atom stereocenters. The van der Waals surface area contributed by atoms with Crippen molar-refractivity contribution in [3.8, 4) is 0 Å². The zero-order valence-corrected chi connectivity index (χ0v) is 18.5. The zero-order chi connectivity index (χ0) is 21.1. The lowest BCUT2D eigenvalue weighted by molar-refractivity contribution is 0.101. The fraction of sp³-hybridized carbons (Fsp3) is 0.190. The number of aromatic nitrogens is 2. The number of rotatable bonds is 5. The van der Waals surface area contributed by atoms with Gasteiger partial charge >= 0.3 is 0 Å². The van der Waals surface area contributed by atoms with E-state index in [4.69, 9.17) is 35.4 Å². The normalized spacial score (nSPS) is 10.7. The van der Waals surface area contributed by atoms with Gasteiger partial charge in [-0.1, -0.05) is 41.4 Å². The molecule has 3 rings (SSSR count). The Bertz CT molecular complexity index is 1070. The third kappa shape index (κ3) is 4.96. The number of anilines is 2. The highest BCUT2D eigenvalue weighted by Gasteiger charge is 2.15. The molecule has 2 aromatic carbocycles. The molecule has 0 amide bonds. The number of thiocarbonyl (C=S) groups is 1. The van der Waals surface area contributed by atoms with Gasteiger partial charge in [0.05, 0.1) is 23.6 Å². The molecule has 8 heteroatoms. The Balaban J connectivity index is 1.77. The van der Waals surface area contributed by atoms with Crippen LogP contribution in [0.2, 0.25) is 10.0 Å². The summed E-state index contributed by atoms with van der Waals surface area (Å²) in [5.41, 5.74) is 4.69. The van der Waals surface area contributed by atoms with Crippen molar-refractivity contribution in [3.05, 3.63) is 75.0 Å². The van der Waals surface area contributed by atoms with Crippen molar-refractivity contribution in [3.63, 3.8) is 0 Å². The number of halogens is 2. The molecule has 150 valence electrons. The van der Waals surface area contributed by atoms with Gasteiger partial charge in [-0.2, -0.15) is 5.10 Å². The second kappa shape index (κ2) is 8.95. The predicted octanol–water partition coefficient (Wildman–Crippen LogP) is 5.87. The van der Waals surface area contributed by atoms with E-state index < -0.39 is 0 Å². The Morgan fingerprint density at radius 3 is 2.41 bits per heavy atom. The standard InChI is InChI=1S/C21H20Cl2N4OS/c1-12-20(25-21(29)24-16-7-4-6-15(10-16)14(3)28)13(2)27(26-12)11-17-18(22)8-5-9-19(17)23/h4-10H,11H2,1-3H3,(H2,24,25,29). The Kier molecular flexibility index (Phi) is 6.57. The molecule has 1 heterocycles. The molecule has 0 radical (unpaired) electrons. The van der Waals surface area contributed by atoms with E-state index in [9.17, 15) is 4.79 Å². The minimum atomic E-state index is -0.00118. The van der Waals surface area contributed by atoms with E-state index in [1.165, 1.54) is 6.92 Å². The van der Waals surface area contributed by atoms with Gasteiger partial charge in [-0.05, 0) is 57.3 Å². The maximum absolute atomic E-state index is 11.6. The summed E-state index contributed by atoms with van der Waals surface area (Å²) in [6, 6.07) is 12.6. The average Bonchev–Trinajstić information content (AvgIpc) is 2.92. The number of aryl methyl sites for hydroxylation is 1. The summed E-state index contributed by atoms with van der Waals surface area (Å²) >= 11 is 18.0. The first-order valence-corrected chi connectivity index (χ1v) is 10.1. The number of hydrogen-bond acceptors (Lipinski definition) is 3. The van der Waals surface area contributed by atoms with E-state index in [-0.39, 0.29) is 5.78 Å². The second-order valence-corrected chi connectivity index (χ2v) is 7.84. The van der Waals surface area contributed by atoms with E-state index in [1.54, 1.807) is 12.1 Å². The number of carbonyl (C=O) groups is 1. The molecular formula is C21H20Cl2N4OS. The molecule has 0 fully saturated rings. The van der Waals surface area contributed by atoms with Crippen LogP contribution in [0.15, 0.2) is 42.5 Å². The molecule has 5 nitrogen and oxygen atoms in total. The molecular weight excluding hydrogens is 427 g/mol. The van der Waals surface area contributed by atoms with Crippen LogP contribution in [0.1, 0.15) is 34.2 Å². The molecule has 0 saturated carbocycles. The Hall–Kier alpha value is -2.41. The Morgan fingerprint density at radius 2 is 1.76 bits per heavy atom. The van der Waals surface area contributed by atoms with Gasteiger partial charge in [0.15, 0.2) is 10.9 Å². The summed E-state index contributed by atoms with van der Waals surface area (Å²) in [6.45, 7) is 5.83. The van der Waals surface area contributed by atoms with Gasteiger partial charge in [-0.3, -0.25) is 9.48 Å². The van der Waals surface area contributed by atoms with Crippen LogP contribution < -0.4 is 10.6 Å². The minimum Gasteiger partial charge on any atom is -0.332 e. The van der Waals surface area contributed by atoms with Gasteiger partial charge in [0.2, 0.25) is 0 Å². The smallest absolute Gasteiger partial charge is 0.175 e. The second-order valence-electron chi connectivity index (χ2n) is 6.62. The summed E-state index contributed by atoms with van der Waals surface area (Å²) in [5, 5.41) is 12.5. The third-order valence-electron chi connectivity index (χ3n) is 4.52. The summed E-state index contributed by atoms with van der Waals surface area (Å²) < 4.78 is 1.84. The lowest BCUT2D eigenvalue weighted by Crippen LogP contribution is -2.20. The fourth-order valence-electron chi connectivity index (χ4n) is 2.96. The molecule has 0 aliphatic rings. The Labute approximate surface area is 185 Å². The van der Waals surface area contributed by atoms with Crippen LogP contribution in [-0.2, 0) is 6.54 Å². The first-order valence-electron chi connectivity index (χ1n) is 8.92. The maximum atomic E-state index is 11.6. The third-order valence-corrected chi connectivity index (χ3v) is 5.43. The number of carbonyl (C=O) groups excluding carboxylic acids is 1. The lowest BCUT2D eigenvalue weighted by atomic mass is 10.1. The van der Waals surface area contributed by atoms with Crippen molar-refractivity contribution in [2.24, 2.45) is 0 Å². The molecule has 2 N–H and O–H groups in total. The van der Waals surface area contributed by atoms with Gasteiger partial charge in [0.1, 0.15) is 0 Å². The summed E-state index contributed by atoms with van der Waals surface area (Å²) in [6.07, 6.45) is 0. The fourth-order valence-corrected chi connectivity index (χ4v) is 3.69. The molecule has 0 unspecified atom stereocenters. The number of hydrogen-bond donors (Lipinski definition) is 2. The van der Waals surface area contributed by atoms with Crippen LogP contribution >= 0.6 is 35.4 Å². The molecule has 0 bridgehead atoms. The zero-order valence-electron chi connectivity index (χ0n) is 16.2. The highest BCUT2D eigenvalue weighted by atomic mass is 35.5. The molecule has 0 spiro atoms. The monoisotopic (exact) mass is 446 g/mol. The number of nitrogens with one attached hydrogen (secondary N) is 2. The van der Waals surface area contributed by atoms with Crippen LogP contribution in [0.5, 0.6) is 0 Å². The Morgan fingerprint density at radius 1 is 1.10 bits per heavy atom. The predicted molar refractivity (Wildman–Crippen MR) is 124 cm³/mol. The topological polar surface area (TPSA) is 59.0 Å². The molecule has 3 aromatic rings. The van der Waals surface area contributed by atoms with Crippen molar-refractivity contribution < 1.29 is 4.79 Å². The van der Waals surface area contributed by atoms with E-state index >= 15 is 0 Å². The number of benzene rings is 2. The van der Waals surface area contributed by atoms with Gasteiger partial charge in [0.25, 0.3) is 0 Å². The number of Topliss-reactive ketones (excluding diaryl/α,β-unsaturated/α-hetero) is 1. The van der Waals surface area contributed by atoms with Crippen molar-refractivity contribution in [1.82, 2.24) is 9.78 Å². The van der Waals surface area contributed by atoms with Gasteiger partial charge in [-0.25, -0.2) is 0 Å². The first kappa shape index (κ1) is 21.3.